The third-order valence-electron chi connectivity index (χ3n) is 4.61. The summed E-state index contributed by atoms with van der Waals surface area (Å²) in [5.74, 6) is -2.97. The minimum absolute atomic E-state index is 0.118. The first kappa shape index (κ1) is 23.3. The summed E-state index contributed by atoms with van der Waals surface area (Å²) >= 11 is 2.38. The number of ether oxygens (including phenoxy) is 1. The van der Waals surface area contributed by atoms with Crippen molar-refractivity contribution in [3.05, 3.63) is 46.4 Å². The van der Waals surface area contributed by atoms with Gasteiger partial charge in [-0.25, -0.2) is 9.59 Å². The Bertz CT molecular complexity index is 1010. The van der Waals surface area contributed by atoms with Crippen molar-refractivity contribution in [3.63, 3.8) is 0 Å². The Morgan fingerprint density at radius 2 is 2.16 bits per heavy atom. The smallest absolute Gasteiger partial charge is 0.352 e. The Balaban J connectivity index is 1.86. The van der Waals surface area contributed by atoms with Crippen LogP contribution in [0, 0.1) is 0 Å². The lowest BCUT2D eigenvalue weighted by Gasteiger charge is -2.54. The van der Waals surface area contributed by atoms with E-state index in [1.54, 1.807) is 17.5 Å². The lowest BCUT2D eigenvalue weighted by Crippen LogP contribution is -2.72. The van der Waals surface area contributed by atoms with E-state index in [1.807, 2.05) is 0 Å². The van der Waals surface area contributed by atoms with Gasteiger partial charge in [0.2, 0.25) is 5.91 Å². The molecule has 32 heavy (non-hydrogen) atoms. The van der Waals surface area contributed by atoms with Gasteiger partial charge < -0.3 is 25.8 Å². The molecule has 1 unspecified atom stereocenters. The lowest BCUT2D eigenvalue weighted by atomic mass is 10.0. The molecule has 0 saturated carbocycles. The van der Waals surface area contributed by atoms with Crippen molar-refractivity contribution in [2.45, 2.75) is 24.4 Å². The zero-order valence-electron chi connectivity index (χ0n) is 16.9. The number of nitrogens with one attached hydrogen (secondary N) is 3. The number of rotatable bonds is 8. The number of hydrogen-bond donors (Lipinski definition) is 4. The van der Waals surface area contributed by atoms with Gasteiger partial charge >= 0.3 is 18.0 Å². The summed E-state index contributed by atoms with van der Waals surface area (Å²) in [5, 5.41) is 19.0. The maximum absolute atomic E-state index is 13.2. The number of aliphatic carboxylic acids is 1. The van der Waals surface area contributed by atoms with Gasteiger partial charge in [-0.1, -0.05) is 12.6 Å². The maximum atomic E-state index is 13.2. The number of nitrogens with zero attached hydrogens (tertiary/aromatic N) is 1. The molecule has 0 aliphatic carbocycles. The van der Waals surface area contributed by atoms with E-state index >= 15 is 0 Å². The molecule has 1 aromatic heterocycles. The van der Waals surface area contributed by atoms with Gasteiger partial charge in [0.05, 0.1) is 6.42 Å². The highest BCUT2D eigenvalue weighted by atomic mass is 32.2. The summed E-state index contributed by atoms with van der Waals surface area (Å²) in [7, 11) is 0. The van der Waals surface area contributed by atoms with Gasteiger partial charge in [0.1, 0.15) is 18.3 Å². The van der Waals surface area contributed by atoms with Crippen LogP contribution in [-0.4, -0.2) is 57.1 Å². The fraction of sp³-hybridized carbons (Fsp3) is 0.316. The lowest BCUT2D eigenvalue weighted by molar-refractivity contribution is -0.155. The molecule has 3 rings (SSSR count). The van der Waals surface area contributed by atoms with Crippen LogP contribution in [-0.2, 0) is 23.9 Å². The normalized spacial score (nSPS) is 20.4. The average molecular weight is 481 g/mol. The van der Waals surface area contributed by atoms with Gasteiger partial charge in [-0.15, -0.1) is 23.1 Å². The Kier molecular flexibility index (Phi) is 6.89. The molecule has 0 bridgehead atoms. The third-order valence-corrected chi connectivity index (χ3v) is 6.95. The largest absolute Gasteiger partial charge is 0.477 e. The van der Waals surface area contributed by atoms with Crippen LogP contribution in [0.15, 0.2) is 41.6 Å². The van der Waals surface area contributed by atoms with Crippen LogP contribution in [0.25, 0.3) is 0 Å². The van der Waals surface area contributed by atoms with Crippen molar-refractivity contribution >= 4 is 52.9 Å². The number of amides is 4. The van der Waals surface area contributed by atoms with E-state index in [2.05, 4.69) is 22.5 Å². The minimum Gasteiger partial charge on any atom is -0.477 e. The molecule has 1 saturated heterocycles. The van der Waals surface area contributed by atoms with E-state index in [0.717, 1.165) is 22.9 Å². The first-order chi connectivity index (χ1) is 15.2. The highest BCUT2D eigenvalue weighted by Crippen LogP contribution is 2.48. The number of hydrogen-bond acceptors (Lipinski definition) is 8. The van der Waals surface area contributed by atoms with Crippen LogP contribution in [0.1, 0.15) is 24.3 Å². The van der Waals surface area contributed by atoms with E-state index in [-0.39, 0.29) is 30.1 Å². The Hall–Kier alpha value is -3.32. The highest BCUT2D eigenvalue weighted by molar-refractivity contribution is 8.01. The first-order valence-corrected chi connectivity index (χ1v) is 11.1. The number of thiophene rings is 1. The Morgan fingerprint density at radius 1 is 1.41 bits per heavy atom. The molecule has 2 atom stereocenters. The van der Waals surface area contributed by atoms with Gasteiger partial charge in [-0.05, 0) is 17.6 Å². The number of carbonyl (C=O) groups is 5. The van der Waals surface area contributed by atoms with Gasteiger partial charge in [-0.3, -0.25) is 19.3 Å². The number of carboxylic acids is 1. The molecular weight excluding hydrogens is 460 g/mol. The van der Waals surface area contributed by atoms with Gasteiger partial charge in [-0.2, -0.15) is 0 Å². The van der Waals surface area contributed by atoms with Crippen molar-refractivity contribution in [1.29, 1.82) is 0 Å². The molecule has 2 aliphatic rings. The summed E-state index contributed by atoms with van der Waals surface area (Å²) in [6, 6.07) is 1.64. The molecule has 170 valence electrons. The molecule has 0 radical (unpaired) electrons. The summed E-state index contributed by atoms with van der Waals surface area (Å²) in [4.78, 5) is 60.8. The zero-order chi connectivity index (χ0) is 23.5. The van der Waals surface area contributed by atoms with E-state index in [9.17, 15) is 29.1 Å². The molecule has 3 heterocycles. The van der Waals surface area contributed by atoms with Crippen LogP contribution in [0.5, 0.6) is 0 Å². The van der Waals surface area contributed by atoms with Crippen molar-refractivity contribution in [1.82, 2.24) is 20.9 Å². The molecule has 0 aromatic carbocycles. The topological polar surface area (TPSA) is 154 Å². The second kappa shape index (κ2) is 9.44. The van der Waals surface area contributed by atoms with Gasteiger partial charge in [0, 0.05) is 23.1 Å². The quantitative estimate of drug-likeness (QED) is 0.316. The summed E-state index contributed by atoms with van der Waals surface area (Å²) < 4.78 is 4.91. The zero-order valence-corrected chi connectivity index (χ0v) is 18.5. The van der Waals surface area contributed by atoms with Crippen LogP contribution in [0.3, 0.4) is 0 Å². The number of thioether (sulfide) groups is 1. The number of fused-ring (bicyclic) bond motifs is 1. The van der Waals surface area contributed by atoms with E-state index in [0.29, 0.717) is 4.88 Å². The van der Waals surface area contributed by atoms with Gasteiger partial charge in [0.15, 0.2) is 4.99 Å². The SMILES string of the molecule is C=CNC(=O)NC(C(=O)N[C@@]12CC(=O)N1C(C(=O)O)=C(COC(C)=O)CS2)c1cccs1. The minimum atomic E-state index is -1.38. The fourth-order valence-corrected chi connectivity index (χ4v) is 5.39. The number of esters is 1. The van der Waals surface area contributed by atoms with Crippen LogP contribution < -0.4 is 16.0 Å². The standard InChI is InChI=1S/C19H20N4O7S2/c1-3-20-18(29)21-14(12-5-4-6-31-12)16(26)22-19-7-13(25)23(19)15(17(27)28)11(9-32-19)8-30-10(2)24/h3-6,14H,1,7-9H2,2H3,(H,22,26)(H,27,28)(H2,20,21,29)/t14?,19-/m0/s1. The van der Waals surface area contributed by atoms with Crippen molar-refractivity contribution < 1.29 is 33.8 Å². The van der Waals surface area contributed by atoms with Gasteiger partial charge in [0.25, 0.3) is 5.91 Å². The predicted octanol–water partition coefficient (Wildman–Crippen LogP) is 0.883. The Morgan fingerprint density at radius 3 is 2.72 bits per heavy atom. The third kappa shape index (κ3) is 4.62. The predicted molar refractivity (Wildman–Crippen MR) is 115 cm³/mol. The van der Waals surface area contributed by atoms with Crippen molar-refractivity contribution in [2.75, 3.05) is 12.4 Å². The summed E-state index contributed by atoms with van der Waals surface area (Å²) in [6.45, 7) is 4.31. The molecule has 1 aromatic rings. The Labute approximate surface area is 190 Å². The van der Waals surface area contributed by atoms with E-state index < -0.39 is 40.8 Å². The molecule has 1 fully saturated rings. The number of carbonyl (C=O) groups excluding carboxylic acids is 4. The molecule has 2 aliphatic heterocycles. The fourth-order valence-electron chi connectivity index (χ4n) is 3.26. The monoisotopic (exact) mass is 480 g/mol. The molecule has 11 nitrogen and oxygen atoms in total. The highest BCUT2D eigenvalue weighted by Gasteiger charge is 2.59. The molecule has 0 spiro atoms. The molecular formula is C19H20N4O7S2. The van der Waals surface area contributed by atoms with Crippen LogP contribution in [0.2, 0.25) is 0 Å². The second-order valence-electron chi connectivity index (χ2n) is 6.78. The second-order valence-corrected chi connectivity index (χ2v) is 9.01. The van der Waals surface area contributed by atoms with Crippen molar-refractivity contribution in [3.8, 4) is 0 Å². The van der Waals surface area contributed by atoms with Crippen LogP contribution in [0.4, 0.5) is 4.79 Å². The number of urea groups is 1. The van der Waals surface area contributed by atoms with E-state index in [4.69, 9.17) is 4.74 Å². The van der Waals surface area contributed by atoms with Crippen molar-refractivity contribution in [2.24, 2.45) is 0 Å². The molecule has 4 amide bonds. The molecule has 13 heteroatoms. The molecule has 4 N–H and O–H groups in total. The summed E-state index contributed by atoms with van der Waals surface area (Å²) in [6.07, 6.45) is 1.03. The maximum Gasteiger partial charge on any atom is 0.352 e. The average Bonchev–Trinajstić information content (AvgIpc) is 3.24. The number of carboxylic acid groups (broad SMARTS) is 1. The summed E-state index contributed by atoms with van der Waals surface area (Å²) in [5.41, 5.74) is -0.0829. The number of β-lactam (4-membered cyclic amide) rings is 1. The first-order valence-electron chi connectivity index (χ1n) is 9.27. The van der Waals surface area contributed by atoms with Crippen LogP contribution >= 0.6 is 23.1 Å². The van der Waals surface area contributed by atoms with E-state index in [1.165, 1.54) is 18.3 Å².